The van der Waals surface area contributed by atoms with Gasteiger partial charge in [0.15, 0.2) is 6.29 Å². The summed E-state index contributed by atoms with van der Waals surface area (Å²) < 4.78 is 5.41. The van der Waals surface area contributed by atoms with E-state index in [1.54, 1.807) is 0 Å². The predicted molar refractivity (Wildman–Crippen MR) is 49.4 cm³/mol. The maximum absolute atomic E-state index is 10.7. The Labute approximate surface area is 76.1 Å². The fourth-order valence-electron chi connectivity index (χ4n) is 1.31. The molecule has 13 heavy (non-hydrogen) atoms. The summed E-state index contributed by atoms with van der Waals surface area (Å²) in [6, 6.07) is 7.44. The summed E-state index contributed by atoms with van der Waals surface area (Å²) in [4.78, 5) is 14.8. The van der Waals surface area contributed by atoms with E-state index in [0.29, 0.717) is 18.9 Å². The Balaban J connectivity index is 2.53. The molecule has 1 heterocycles. The molecule has 0 aromatic heterocycles. The van der Waals surface area contributed by atoms with Crippen molar-refractivity contribution in [3.63, 3.8) is 0 Å². The van der Waals surface area contributed by atoms with Gasteiger partial charge in [-0.2, -0.15) is 0 Å². The lowest BCUT2D eigenvalue weighted by Crippen LogP contribution is -2.02. The van der Waals surface area contributed by atoms with E-state index in [0.717, 1.165) is 17.6 Å². The Hall–Kier alpha value is -1.64. The Morgan fingerprint density at radius 1 is 1.38 bits per heavy atom. The number of aldehydes is 1. The summed E-state index contributed by atoms with van der Waals surface area (Å²) in [5.41, 5.74) is 1.27. The van der Waals surface area contributed by atoms with Gasteiger partial charge in [0.25, 0.3) is 0 Å². The van der Waals surface area contributed by atoms with Gasteiger partial charge in [0.1, 0.15) is 18.1 Å². The Morgan fingerprint density at radius 2 is 2.23 bits per heavy atom. The molecule has 1 aliphatic rings. The van der Waals surface area contributed by atoms with Gasteiger partial charge >= 0.3 is 0 Å². The van der Waals surface area contributed by atoms with Crippen LogP contribution in [0.15, 0.2) is 29.3 Å². The highest BCUT2D eigenvalue weighted by molar-refractivity contribution is 6.37. The minimum Gasteiger partial charge on any atom is -0.491 e. The van der Waals surface area contributed by atoms with E-state index in [1.165, 1.54) is 0 Å². The number of para-hydroxylation sites is 1. The van der Waals surface area contributed by atoms with E-state index in [-0.39, 0.29) is 0 Å². The fourth-order valence-corrected chi connectivity index (χ4v) is 1.31. The first kappa shape index (κ1) is 7.98. The molecule has 0 N–H and O–H groups in total. The molecule has 1 aliphatic heterocycles. The fraction of sp³-hybridized carbons (Fsp3) is 0.200. The van der Waals surface area contributed by atoms with Crippen molar-refractivity contribution >= 4 is 12.0 Å². The van der Waals surface area contributed by atoms with Crippen molar-refractivity contribution in [2.45, 2.75) is 0 Å². The zero-order valence-electron chi connectivity index (χ0n) is 7.06. The normalized spacial score (nSPS) is 14.9. The lowest BCUT2D eigenvalue weighted by molar-refractivity contribution is -0.102. The highest BCUT2D eigenvalue weighted by atomic mass is 16.5. The first-order valence-corrected chi connectivity index (χ1v) is 4.13. The summed E-state index contributed by atoms with van der Waals surface area (Å²) in [6.07, 6.45) is 0.771. The van der Waals surface area contributed by atoms with Crippen molar-refractivity contribution in [1.82, 2.24) is 0 Å². The van der Waals surface area contributed by atoms with Crippen molar-refractivity contribution < 1.29 is 9.53 Å². The number of benzene rings is 1. The molecule has 1 aromatic carbocycles. The second kappa shape index (κ2) is 3.39. The van der Waals surface area contributed by atoms with Gasteiger partial charge in [-0.15, -0.1) is 0 Å². The van der Waals surface area contributed by atoms with Crippen molar-refractivity contribution in [1.29, 1.82) is 0 Å². The molecule has 3 heteroatoms. The van der Waals surface area contributed by atoms with Crippen LogP contribution in [0, 0.1) is 0 Å². The largest absolute Gasteiger partial charge is 0.491 e. The number of hydrogen-bond donors (Lipinski definition) is 0. The van der Waals surface area contributed by atoms with Gasteiger partial charge in [-0.3, -0.25) is 9.79 Å². The molecular formula is C10H9NO2. The van der Waals surface area contributed by atoms with Crippen molar-refractivity contribution in [2.24, 2.45) is 4.99 Å². The lowest BCUT2D eigenvalue weighted by Gasteiger charge is -2.04. The number of carbonyl (C=O) groups is 1. The third kappa shape index (κ3) is 1.45. The number of hydrogen-bond acceptors (Lipinski definition) is 3. The minimum atomic E-state index is 0.480. The van der Waals surface area contributed by atoms with Gasteiger partial charge in [0, 0.05) is 5.56 Å². The summed E-state index contributed by atoms with van der Waals surface area (Å²) >= 11 is 0. The zero-order valence-corrected chi connectivity index (χ0v) is 7.06. The average Bonchev–Trinajstić information content (AvgIpc) is 2.39. The Kier molecular flexibility index (Phi) is 2.08. The van der Waals surface area contributed by atoms with Gasteiger partial charge in [0.05, 0.1) is 6.54 Å². The third-order valence-electron chi connectivity index (χ3n) is 1.91. The topological polar surface area (TPSA) is 38.7 Å². The van der Waals surface area contributed by atoms with E-state index in [9.17, 15) is 4.79 Å². The van der Waals surface area contributed by atoms with Crippen LogP contribution in [0.25, 0.3) is 0 Å². The molecule has 66 valence electrons. The summed E-state index contributed by atoms with van der Waals surface area (Å²) in [5, 5.41) is 0. The van der Waals surface area contributed by atoms with E-state index in [2.05, 4.69) is 4.99 Å². The molecule has 0 saturated carbocycles. The van der Waals surface area contributed by atoms with Crippen LogP contribution in [0.2, 0.25) is 0 Å². The number of fused-ring (bicyclic) bond motifs is 1. The number of carbonyl (C=O) groups excluding carboxylic acids is 1. The van der Waals surface area contributed by atoms with Crippen molar-refractivity contribution in [2.75, 3.05) is 13.2 Å². The standard InChI is InChI=1S/C10H9NO2/c12-7-9-8-3-1-2-4-10(8)13-6-5-11-9/h1-4,7H,5-6H2. The Bertz CT molecular complexity index is 358. The molecule has 0 aliphatic carbocycles. The van der Waals surface area contributed by atoms with Gasteiger partial charge < -0.3 is 4.74 Å². The average molecular weight is 175 g/mol. The van der Waals surface area contributed by atoms with E-state index in [1.807, 2.05) is 24.3 Å². The second-order valence-electron chi connectivity index (χ2n) is 2.73. The van der Waals surface area contributed by atoms with Crippen LogP contribution >= 0.6 is 0 Å². The number of rotatable bonds is 1. The van der Waals surface area contributed by atoms with Gasteiger partial charge in [-0.05, 0) is 12.1 Å². The van der Waals surface area contributed by atoms with Crippen LogP contribution in [0.3, 0.4) is 0 Å². The van der Waals surface area contributed by atoms with Gasteiger partial charge in [-0.1, -0.05) is 12.1 Å². The quantitative estimate of drug-likeness (QED) is 0.599. The molecule has 0 saturated heterocycles. The summed E-state index contributed by atoms with van der Waals surface area (Å²) in [5.74, 6) is 0.742. The highest BCUT2D eigenvalue weighted by Gasteiger charge is 2.11. The molecule has 0 radical (unpaired) electrons. The van der Waals surface area contributed by atoms with E-state index < -0.39 is 0 Å². The third-order valence-corrected chi connectivity index (χ3v) is 1.91. The van der Waals surface area contributed by atoms with Crippen molar-refractivity contribution in [3.8, 4) is 5.75 Å². The molecule has 2 rings (SSSR count). The smallest absolute Gasteiger partial charge is 0.168 e. The van der Waals surface area contributed by atoms with Crippen LogP contribution in [0.1, 0.15) is 5.56 Å². The highest BCUT2D eigenvalue weighted by Crippen LogP contribution is 2.19. The van der Waals surface area contributed by atoms with Gasteiger partial charge in [-0.25, -0.2) is 0 Å². The monoisotopic (exact) mass is 175 g/mol. The molecular weight excluding hydrogens is 166 g/mol. The second-order valence-corrected chi connectivity index (χ2v) is 2.73. The first-order valence-electron chi connectivity index (χ1n) is 4.13. The molecule has 0 atom stereocenters. The lowest BCUT2D eigenvalue weighted by atomic mass is 10.1. The van der Waals surface area contributed by atoms with Crippen LogP contribution < -0.4 is 4.74 Å². The van der Waals surface area contributed by atoms with Crippen molar-refractivity contribution in [3.05, 3.63) is 29.8 Å². The number of aliphatic imine (C=N–C) groups is 1. The number of nitrogens with zero attached hydrogens (tertiary/aromatic N) is 1. The van der Waals surface area contributed by atoms with Crippen LogP contribution in [0.4, 0.5) is 0 Å². The summed E-state index contributed by atoms with van der Waals surface area (Å²) in [7, 11) is 0. The van der Waals surface area contributed by atoms with Gasteiger partial charge in [0.2, 0.25) is 0 Å². The SMILES string of the molecule is O=CC1=NCCOc2ccccc21. The Morgan fingerprint density at radius 3 is 3.08 bits per heavy atom. The van der Waals surface area contributed by atoms with E-state index in [4.69, 9.17) is 4.74 Å². The first-order chi connectivity index (χ1) is 6.42. The maximum atomic E-state index is 10.7. The van der Waals surface area contributed by atoms with E-state index >= 15 is 0 Å². The molecule has 0 spiro atoms. The van der Waals surface area contributed by atoms with Crippen LogP contribution in [0.5, 0.6) is 5.75 Å². The molecule has 3 nitrogen and oxygen atoms in total. The maximum Gasteiger partial charge on any atom is 0.168 e. The molecule has 0 fully saturated rings. The molecule has 0 amide bonds. The predicted octanol–water partition coefficient (Wildman–Crippen LogP) is 1.07. The molecule has 0 unspecified atom stereocenters. The molecule has 0 bridgehead atoms. The number of ether oxygens (including phenoxy) is 1. The minimum absolute atomic E-state index is 0.480. The molecule has 1 aromatic rings. The van der Waals surface area contributed by atoms with Crippen LogP contribution in [-0.4, -0.2) is 25.1 Å². The summed E-state index contributed by atoms with van der Waals surface area (Å²) in [6.45, 7) is 1.08. The van der Waals surface area contributed by atoms with Crippen LogP contribution in [-0.2, 0) is 4.79 Å². The zero-order chi connectivity index (χ0) is 9.10.